The SMILES string of the molecule is N#Cn1c(-c2ccccc2)cc2ccccc21. The molecule has 0 saturated carbocycles. The number of aromatic nitrogens is 1. The van der Waals surface area contributed by atoms with Crippen LogP contribution in [-0.4, -0.2) is 4.57 Å². The summed E-state index contributed by atoms with van der Waals surface area (Å²) >= 11 is 0. The van der Waals surface area contributed by atoms with Crippen LogP contribution in [0.1, 0.15) is 0 Å². The van der Waals surface area contributed by atoms with Crippen molar-refractivity contribution in [3.63, 3.8) is 0 Å². The molecule has 1 heterocycles. The maximum atomic E-state index is 9.28. The molecule has 0 aliphatic carbocycles. The predicted molar refractivity (Wildman–Crippen MR) is 68.4 cm³/mol. The highest BCUT2D eigenvalue weighted by Gasteiger charge is 2.08. The Bertz CT molecular complexity index is 703. The lowest BCUT2D eigenvalue weighted by atomic mass is 10.1. The van der Waals surface area contributed by atoms with Crippen molar-refractivity contribution in [1.29, 1.82) is 5.26 Å². The fourth-order valence-corrected chi connectivity index (χ4v) is 2.08. The summed E-state index contributed by atoms with van der Waals surface area (Å²) in [6.45, 7) is 0. The molecule has 0 radical (unpaired) electrons. The van der Waals surface area contributed by atoms with Gasteiger partial charge in [0.2, 0.25) is 0 Å². The van der Waals surface area contributed by atoms with Gasteiger partial charge in [-0.25, -0.2) is 4.57 Å². The Labute approximate surface area is 99.3 Å². The molecule has 0 aliphatic rings. The molecule has 0 amide bonds. The molecule has 0 saturated heterocycles. The number of nitrogens with zero attached hydrogens (tertiary/aromatic N) is 2. The Morgan fingerprint density at radius 1 is 0.882 bits per heavy atom. The normalized spacial score (nSPS) is 10.3. The standard InChI is InChI=1S/C15H10N2/c16-11-17-14-9-5-4-8-13(14)10-15(17)12-6-2-1-3-7-12/h1-10H. The smallest absolute Gasteiger partial charge is 0.189 e. The van der Waals surface area contributed by atoms with Crippen LogP contribution in [0.25, 0.3) is 22.2 Å². The van der Waals surface area contributed by atoms with Crippen LogP contribution in [0.5, 0.6) is 0 Å². The second kappa shape index (κ2) is 3.80. The molecule has 0 unspecified atom stereocenters. The van der Waals surface area contributed by atoms with Gasteiger partial charge in [0.15, 0.2) is 6.19 Å². The van der Waals surface area contributed by atoms with Crippen molar-refractivity contribution in [2.24, 2.45) is 0 Å². The monoisotopic (exact) mass is 218 g/mol. The molecule has 2 nitrogen and oxygen atoms in total. The van der Waals surface area contributed by atoms with Gasteiger partial charge in [-0.2, -0.15) is 5.26 Å². The molecule has 3 aromatic rings. The quantitative estimate of drug-likeness (QED) is 0.613. The van der Waals surface area contributed by atoms with Gasteiger partial charge in [-0.3, -0.25) is 0 Å². The number of benzene rings is 2. The Kier molecular flexibility index (Phi) is 2.16. The summed E-state index contributed by atoms with van der Waals surface area (Å²) in [5.41, 5.74) is 2.95. The Balaban J connectivity index is 2.35. The first kappa shape index (κ1) is 9.68. The van der Waals surface area contributed by atoms with E-state index in [0.29, 0.717) is 0 Å². The van der Waals surface area contributed by atoms with Gasteiger partial charge >= 0.3 is 0 Å². The van der Waals surface area contributed by atoms with Crippen LogP contribution in [0.15, 0.2) is 60.7 Å². The van der Waals surface area contributed by atoms with Gasteiger partial charge in [0, 0.05) is 5.39 Å². The lowest BCUT2D eigenvalue weighted by molar-refractivity contribution is 1.15. The maximum Gasteiger partial charge on any atom is 0.189 e. The summed E-state index contributed by atoms with van der Waals surface area (Å²) in [7, 11) is 0. The van der Waals surface area contributed by atoms with E-state index >= 15 is 0 Å². The third kappa shape index (κ3) is 1.49. The molecule has 0 aliphatic heterocycles. The zero-order chi connectivity index (χ0) is 11.7. The zero-order valence-electron chi connectivity index (χ0n) is 9.17. The van der Waals surface area contributed by atoms with Crippen molar-refractivity contribution in [1.82, 2.24) is 4.57 Å². The van der Waals surface area contributed by atoms with E-state index in [0.717, 1.165) is 22.2 Å². The van der Waals surface area contributed by atoms with Gasteiger partial charge in [0.25, 0.3) is 0 Å². The van der Waals surface area contributed by atoms with Crippen LogP contribution in [-0.2, 0) is 0 Å². The lowest BCUT2D eigenvalue weighted by Gasteiger charge is -2.00. The van der Waals surface area contributed by atoms with Crippen LogP contribution in [0.4, 0.5) is 0 Å². The van der Waals surface area contributed by atoms with Crippen molar-refractivity contribution >= 4 is 10.9 Å². The van der Waals surface area contributed by atoms with Gasteiger partial charge in [0.05, 0.1) is 11.2 Å². The van der Waals surface area contributed by atoms with Gasteiger partial charge in [-0.15, -0.1) is 0 Å². The fourth-order valence-electron chi connectivity index (χ4n) is 2.08. The van der Waals surface area contributed by atoms with Crippen LogP contribution in [0.2, 0.25) is 0 Å². The molecule has 1 aromatic heterocycles. The lowest BCUT2D eigenvalue weighted by Crippen LogP contribution is -1.90. The highest BCUT2D eigenvalue weighted by atomic mass is 15.0. The minimum Gasteiger partial charge on any atom is -0.247 e. The van der Waals surface area contributed by atoms with E-state index in [9.17, 15) is 5.26 Å². The second-order valence-electron chi connectivity index (χ2n) is 3.89. The molecule has 2 aromatic carbocycles. The highest BCUT2D eigenvalue weighted by Crippen LogP contribution is 2.27. The first-order chi connectivity index (χ1) is 8.40. The molecular weight excluding hydrogens is 208 g/mol. The van der Waals surface area contributed by atoms with Crippen molar-refractivity contribution in [3.05, 3.63) is 60.7 Å². The molecule has 0 bridgehead atoms. The first-order valence-electron chi connectivity index (χ1n) is 5.46. The van der Waals surface area contributed by atoms with E-state index in [4.69, 9.17) is 0 Å². The fraction of sp³-hybridized carbons (Fsp3) is 0. The number of hydrogen-bond donors (Lipinski definition) is 0. The van der Waals surface area contributed by atoms with Gasteiger partial charge in [0.1, 0.15) is 0 Å². The average Bonchev–Trinajstić information content (AvgIpc) is 2.78. The first-order valence-corrected chi connectivity index (χ1v) is 5.46. The Morgan fingerprint density at radius 3 is 2.35 bits per heavy atom. The highest BCUT2D eigenvalue weighted by molar-refractivity contribution is 5.87. The van der Waals surface area contributed by atoms with Gasteiger partial charge in [-0.05, 0) is 17.7 Å². The van der Waals surface area contributed by atoms with Crippen molar-refractivity contribution < 1.29 is 0 Å². The van der Waals surface area contributed by atoms with Crippen LogP contribution in [0.3, 0.4) is 0 Å². The summed E-state index contributed by atoms with van der Waals surface area (Å²) in [4.78, 5) is 0. The molecule has 0 spiro atoms. The Morgan fingerprint density at radius 2 is 1.59 bits per heavy atom. The second-order valence-corrected chi connectivity index (χ2v) is 3.89. The predicted octanol–water partition coefficient (Wildman–Crippen LogP) is 3.64. The minimum absolute atomic E-state index is 0.939. The molecule has 3 rings (SSSR count). The van der Waals surface area contributed by atoms with Crippen LogP contribution in [0, 0.1) is 11.5 Å². The molecule has 0 N–H and O–H groups in total. The van der Waals surface area contributed by atoms with Gasteiger partial charge in [-0.1, -0.05) is 48.5 Å². The van der Waals surface area contributed by atoms with E-state index in [1.54, 1.807) is 4.57 Å². The maximum absolute atomic E-state index is 9.28. The Hall–Kier alpha value is -2.53. The van der Waals surface area contributed by atoms with Crippen molar-refractivity contribution in [3.8, 4) is 17.5 Å². The third-order valence-electron chi connectivity index (χ3n) is 2.88. The van der Waals surface area contributed by atoms with Crippen LogP contribution >= 0.6 is 0 Å². The number of nitriles is 1. The number of hydrogen-bond acceptors (Lipinski definition) is 1. The summed E-state index contributed by atoms with van der Waals surface area (Å²) in [6, 6.07) is 19.9. The summed E-state index contributed by atoms with van der Waals surface area (Å²) < 4.78 is 1.67. The van der Waals surface area contributed by atoms with E-state index in [-0.39, 0.29) is 0 Å². The zero-order valence-corrected chi connectivity index (χ0v) is 9.17. The summed E-state index contributed by atoms with van der Waals surface area (Å²) in [5.74, 6) is 0. The molecule has 0 fully saturated rings. The molecule has 2 heteroatoms. The van der Waals surface area contributed by atoms with E-state index in [2.05, 4.69) is 6.19 Å². The third-order valence-corrected chi connectivity index (χ3v) is 2.88. The topological polar surface area (TPSA) is 28.7 Å². The minimum atomic E-state index is 0.939. The van der Waals surface area contributed by atoms with E-state index in [1.165, 1.54) is 0 Å². The van der Waals surface area contributed by atoms with Gasteiger partial charge < -0.3 is 0 Å². The van der Waals surface area contributed by atoms with Crippen molar-refractivity contribution in [2.45, 2.75) is 0 Å². The number of fused-ring (bicyclic) bond motifs is 1. The molecule has 80 valence electrons. The average molecular weight is 218 g/mol. The molecule has 0 atom stereocenters. The molecule has 17 heavy (non-hydrogen) atoms. The number of rotatable bonds is 1. The van der Waals surface area contributed by atoms with Crippen LogP contribution < -0.4 is 0 Å². The summed E-state index contributed by atoms with van der Waals surface area (Å²) in [6.07, 6.45) is 2.23. The molecular formula is C15H10N2. The largest absolute Gasteiger partial charge is 0.247 e. The van der Waals surface area contributed by atoms with E-state index in [1.807, 2.05) is 60.7 Å². The number of para-hydroxylation sites is 1. The summed E-state index contributed by atoms with van der Waals surface area (Å²) in [5, 5.41) is 10.4. The van der Waals surface area contributed by atoms with Crippen molar-refractivity contribution in [2.75, 3.05) is 0 Å². The van der Waals surface area contributed by atoms with E-state index < -0.39 is 0 Å².